The summed E-state index contributed by atoms with van der Waals surface area (Å²) in [7, 11) is 0. The van der Waals surface area contributed by atoms with E-state index < -0.39 is 0 Å². The number of esters is 1. The Labute approximate surface area is 113 Å². The number of benzene rings is 1. The number of anilines is 2. The van der Waals surface area contributed by atoms with Crippen molar-refractivity contribution < 1.29 is 14.3 Å². The molecule has 5 nitrogen and oxygen atoms in total. The van der Waals surface area contributed by atoms with Gasteiger partial charge in [-0.15, -0.1) is 0 Å². The highest BCUT2D eigenvalue weighted by Gasteiger charge is 2.21. The zero-order valence-electron chi connectivity index (χ0n) is 11.4. The van der Waals surface area contributed by atoms with Gasteiger partial charge in [-0.1, -0.05) is 6.07 Å². The fraction of sp³-hybridized carbons (Fsp3) is 0.500. The Morgan fingerprint density at radius 3 is 3.05 bits per heavy atom. The molecular formula is C14H20N2O3. The summed E-state index contributed by atoms with van der Waals surface area (Å²) in [5, 5.41) is 0. The van der Waals surface area contributed by atoms with E-state index in [4.69, 9.17) is 15.2 Å². The van der Waals surface area contributed by atoms with Gasteiger partial charge in [-0.3, -0.25) is 0 Å². The first-order valence-electron chi connectivity index (χ1n) is 6.55. The van der Waals surface area contributed by atoms with Crippen molar-refractivity contribution in [1.29, 1.82) is 0 Å². The maximum Gasteiger partial charge on any atom is 0.340 e. The molecule has 0 aliphatic carbocycles. The monoisotopic (exact) mass is 264 g/mol. The SMILES string of the molecule is CCOC(=O)c1cccc(N2CCOC(C)C2)c1N. The van der Waals surface area contributed by atoms with Crippen LogP contribution in [0.15, 0.2) is 18.2 Å². The summed E-state index contributed by atoms with van der Waals surface area (Å²) >= 11 is 0. The van der Waals surface area contributed by atoms with E-state index in [0.717, 1.165) is 18.8 Å². The van der Waals surface area contributed by atoms with Crippen LogP contribution >= 0.6 is 0 Å². The molecule has 5 heteroatoms. The number of nitrogens with two attached hydrogens (primary N) is 1. The molecule has 1 heterocycles. The standard InChI is InChI=1S/C14H20N2O3/c1-3-18-14(17)11-5-4-6-12(13(11)15)16-7-8-19-10(2)9-16/h4-6,10H,3,7-9,15H2,1-2H3. The highest BCUT2D eigenvalue weighted by molar-refractivity contribution is 5.98. The molecule has 2 rings (SSSR count). The lowest BCUT2D eigenvalue weighted by Gasteiger charge is -2.33. The summed E-state index contributed by atoms with van der Waals surface area (Å²) in [5.41, 5.74) is 7.89. The number of carbonyl (C=O) groups excluding carboxylic acids is 1. The second kappa shape index (κ2) is 5.93. The number of hydrogen-bond acceptors (Lipinski definition) is 5. The van der Waals surface area contributed by atoms with Crippen LogP contribution in [0.5, 0.6) is 0 Å². The number of nitrogens with zero attached hydrogens (tertiary/aromatic N) is 1. The van der Waals surface area contributed by atoms with E-state index in [0.29, 0.717) is 24.5 Å². The Morgan fingerprint density at radius 2 is 2.37 bits per heavy atom. The molecule has 2 N–H and O–H groups in total. The van der Waals surface area contributed by atoms with E-state index in [2.05, 4.69) is 4.90 Å². The molecule has 1 saturated heterocycles. The van der Waals surface area contributed by atoms with Gasteiger partial charge < -0.3 is 20.1 Å². The van der Waals surface area contributed by atoms with E-state index >= 15 is 0 Å². The van der Waals surface area contributed by atoms with Gasteiger partial charge in [0, 0.05) is 13.1 Å². The summed E-state index contributed by atoms with van der Waals surface area (Å²) < 4.78 is 10.5. The van der Waals surface area contributed by atoms with Crippen molar-refractivity contribution in [3.8, 4) is 0 Å². The summed E-state index contributed by atoms with van der Waals surface area (Å²) in [6, 6.07) is 5.45. The van der Waals surface area contributed by atoms with Gasteiger partial charge in [0.25, 0.3) is 0 Å². The van der Waals surface area contributed by atoms with Gasteiger partial charge in [-0.05, 0) is 26.0 Å². The van der Waals surface area contributed by atoms with Crippen molar-refractivity contribution in [2.24, 2.45) is 0 Å². The fourth-order valence-corrected chi connectivity index (χ4v) is 2.25. The van der Waals surface area contributed by atoms with Crippen LogP contribution in [0.3, 0.4) is 0 Å². The molecule has 0 bridgehead atoms. The average molecular weight is 264 g/mol. The molecular weight excluding hydrogens is 244 g/mol. The highest BCUT2D eigenvalue weighted by Crippen LogP contribution is 2.28. The predicted octanol–water partition coefficient (Wildman–Crippen LogP) is 1.67. The predicted molar refractivity (Wildman–Crippen MR) is 74.4 cm³/mol. The Balaban J connectivity index is 2.26. The van der Waals surface area contributed by atoms with Gasteiger partial charge in [0.15, 0.2) is 0 Å². The van der Waals surface area contributed by atoms with Crippen molar-refractivity contribution in [2.75, 3.05) is 36.9 Å². The van der Waals surface area contributed by atoms with Crippen LogP contribution in [0, 0.1) is 0 Å². The van der Waals surface area contributed by atoms with Crippen molar-refractivity contribution in [1.82, 2.24) is 0 Å². The van der Waals surface area contributed by atoms with Crippen molar-refractivity contribution >= 4 is 17.3 Å². The van der Waals surface area contributed by atoms with Gasteiger partial charge in [0.05, 0.1) is 36.3 Å². The van der Waals surface area contributed by atoms with Crippen LogP contribution in [0.1, 0.15) is 24.2 Å². The minimum Gasteiger partial charge on any atom is -0.462 e. The molecule has 1 aliphatic rings. The average Bonchev–Trinajstić information content (AvgIpc) is 2.39. The Hall–Kier alpha value is -1.75. The van der Waals surface area contributed by atoms with Gasteiger partial charge >= 0.3 is 5.97 Å². The molecule has 0 radical (unpaired) electrons. The van der Waals surface area contributed by atoms with Gasteiger partial charge in [0.1, 0.15) is 0 Å². The molecule has 0 spiro atoms. The van der Waals surface area contributed by atoms with Crippen LogP contribution in [-0.2, 0) is 9.47 Å². The molecule has 1 unspecified atom stereocenters. The highest BCUT2D eigenvalue weighted by atomic mass is 16.5. The number of morpholine rings is 1. The van der Waals surface area contributed by atoms with Crippen molar-refractivity contribution in [3.63, 3.8) is 0 Å². The third kappa shape index (κ3) is 2.98. The largest absolute Gasteiger partial charge is 0.462 e. The summed E-state index contributed by atoms with van der Waals surface area (Å²) in [4.78, 5) is 14.0. The van der Waals surface area contributed by atoms with E-state index in [1.54, 1.807) is 13.0 Å². The Kier molecular flexibility index (Phi) is 4.27. The van der Waals surface area contributed by atoms with Crippen LogP contribution in [0.2, 0.25) is 0 Å². The topological polar surface area (TPSA) is 64.8 Å². The first-order valence-corrected chi connectivity index (χ1v) is 6.55. The molecule has 1 fully saturated rings. The molecule has 0 saturated carbocycles. The second-order valence-electron chi connectivity index (χ2n) is 4.59. The van der Waals surface area contributed by atoms with Crippen LogP contribution in [0.4, 0.5) is 11.4 Å². The second-order valence-corrected chi connectivity index (χ2v) is 4.59. The summed E-state index contributed by atoms with van der Waals surface area (Å²) in [6.45, 7) is 6.37. The summed E-state index contributed by atoms with van der Waals surface area (Å²) in [5.74, 6) is -0.372. The minimum absolute atomic E-state index is 0.166. The smallest absolute Gasteiger partial charge is 0.340 e. The number of nitrogen functional groups attached to an aromatic ring is 1. The number of carbonyl (C=O) groups is 1. The third-order valence-electron chi connectivity index (χ3n) is 3.16. The lowest BCUT2D eigenvalue weighted by molar-refractivity contribution is 0.0527. The number of ether oxygens (including phenoxy) is 2. The molecule has 104 valence electrons. The molecule has 1 atom stereocenters. The quantitative estimate of drug-likeness (QED) is 0.664. The fourth-order valence-electron chi connectivity index (χ4n) is 2.25. The maximum absolute atomic E-state index is 11.8. The maximum atomic E-state index is 11.8. The van der Waals surface area contributed by atoms with Crippen LogP contribution < -0.4 is 10.6 Å². The molecule has 1 aliphatic heterocycles. The first-order chi connectivity index (χ1) is 9.13. The molecule has 0 amide bonds. The van der Waals surface area contributed by atoms with Crippen LogP contribution in [0.25, 0.3) is 0 Å². The van der Waals surface area contributed by atoms with Gasteiger partial charge in [0.2, 0.25) is 0 Å². The van der Waals surface area contributed by atoms with E-state index in [1.807, 2.05) is 19.1 Å². The lowest BCUT2D eigenvalue weighted by atomic mass is 10.1. The van der Waals surface area contributed by atoms with E-state index in [-0.39, 0.29) is 12.1 Å². The number of hydrogen-bond donors (Lipinski definition) is 1. The van der Waals surface area contributed by atoms with Gasteiger partial charge in [-0.25, -0.2) is 4.79 Å². The Bertz CT molecular complexity index is 462. The van der Waals surface area contributed by atoms with E-state index in [9.17, 15) is 4.79 Å². The zero-order chi connectivity index (χ0) is 13.8. The minimum atomic E-state index is -0.372. The third-order valence-corrected chi connectivity index (χ3v) is 3.16. The Morgan fingerprint density at radius 1 is 1.58 bits per heavy atom. The lowest BCUT2D eigenvalue weighted by Crippen LogP contribution is -2.41. The van der Waals surface area contributed by atoms with Crippen molar-refractivity contribution in [3.05, 3.63) is 23.8 Å². The van der Waals surface area contributed by atoms with Crippen molar-refractivity contribution in [2.45, 2.75) is 20.0 Å². The van der Waals surface area contributed by atoms with E-state index in [1.165, 1.54) is 0 Å². The molecule has 1 aromatic carbocycles. The van der Waals surface area contributed by atoms with Gasteiger partial charge in [-0.2, -0.15) is 0 Å². The molecule has 0 aromatic heterocycles. The first kappa shape index (κ1) is 13.7. The normalized spacial score (nSPS) is 19.3. The number of rotatable bonds is 3. The number of para-hydroxylation sites is 1. The summed E-state index contributed by atoms with van der Waals surface area (Å²) in [6.07, 6.45) is 0.166. The zero-order valence-corrected chi connectivity index (χ0v) is 11.4. The molecule has 1 aromatic rings. The van der Waals surface area contributed by atoms with Crippen LogP contribution in [-0.4, -0.2) is 38.4 Å². The molecule has 19 heavy (non-hydrogen) atoms.